The molecule has 26 heteroatoms. The van der Waals surface area contributed by atoms with E-state index in [1.165, 1.54) is 94.3 Å². The van der Waals surface area contributed by atoms with Crippen LogP contribution in [-0.4, -0.2) is 261 Å². The number of rotatable bonds is 23. The summed E-state index contributed by atoms with van der Waals surface area (Å²) in [6.45, 7) is 21.2. The van der Waals surface area contributed by atoms with Gasteiger partial charge in [-0.2, -0.15) is 0 Å². The molecule has 1 unspecified atom stereocenters. The molecule has 1 aliphatic rings. The fraction of sp³-hybridized carbons (Fsp3) is 0.730. The predicted octanol–water partition coefficient (Wildman–Crippen LogP) is 1.92. The summed E-state index contributed by atoms with van der Waals surface area (Å²) in [5.74, 6) is -10.6. The van der Waals surface area contributed by atoms with Crippen molar-refractivity contribution in [3.05, 3.63) is 29.8 Å². The van der Waals surface area contributed by atoms with E-state index in [1.807, 2.05) is 27.7 Å². The van der Waals surface area contributed by atoms with Gasteiger partial charge in [-0.15, -0.1) is 0 Å². The fourth-order valence-electron chi connectivity index (χ4n) is 10.8. The number of carbonyl (C=O) groups is 11. The van der Waals surface area contributed by atoms with Crippen LogP contribution in [0.3, 0.4) is 0 Å². The minimum Gasteiger partial charge on any atom is -0.508 e. The molecule has 0 aliphatic carbocycles. The summed E-state index contributed by atoms with van der Waals surface area (Å²) in [6, 6.07) is -7.48. The Kier molecular flexibility index (Phi) is 31.1. The second-order valence-electron chi connectivity index (χ2n) is 25.5. The molecule has 0 spiro atoms. The van der Waals surface area contributed by atoms with E-state index in [2.05, 4.69) is 16.0 Å². The number of likely N-dealkylation sites (N-methyl/N-ethyl adjacent to an activating group) is 7. The molecule has 0 saturated carbocycles. The van der Waals surface area contributed by atoms with Gasteiger partial charge in [0.1, 0.15) is 72.3 Å². The number of carbonyl (C=O) groups excluding carboxylic acids is 11. The molecular weight excluding hydrogens is 1150 g/mol. The maximum absolute atomic E-state index is 15.4. The molecule has 0 radical (unpaired) electrons. The highest BCUT2D eigenvalue weighted by Crippen LogP contribution is 2.24. The first-order valence-corrected chi connectivity index (χ1v) is 30.7. The van der Waals surface area contributed by atoms with Crippen molar-refractivity contribution >= 4 is 65.1 Å². The van der Waals surface area contributed by atoms with E-state index in [0.29, 0.717) is 12.0 Å². The van der Waals surface area contributed by atoms with Crippen molar-refractivity contribution in [2.24, 2.45) is 29.6 Å². The highest BCUT2D eigenvalue weighted by atomic mass is 16.6. The van der Waals surface area contributed by atoms with E-state index < -0.39 is 156 Å². The summed E-state index contributed by atoms with van der Waals surface area (Å²) in [5, 5.41) is 18.4. The Morgan fingerprint density at radius 1 is 0.674 bits per heavy atom. The maximum atomic E-state index is 15.4. The van der Waals surface area contributed by atoms with Gasteiger partial charge in [-0.05, 0) is 95.0 Å². The first-order chi connectivity index (χ1) is 41.3. The summed E-state index contributed by atoms with van der Waals surface area (Å²) < 4.78 is 22.9. The second kappa shape index (κ2) is 35.5. The van der Waals surface area contributed by atoms with Crippen LogP contribution in [0, 0.1) is 29.6 Å². The van der Waals surface area contributed by atoms with Crippen LogP contribution < -0.4 is 16.0 Å². The molecule has 2 rings (SSSR count). The van der Waals surface area contributed by atoms with Crippen molar-refractivity contribution in [1.29, 1.82) is 0 Å². The maximum Gasteiger partial charge on any atom is 0.328 e. The number of aromatic hydroxyl groups is 1. The van der Waals surface area contributed by atoms with E-state index >= 15 is 9.59 Å². The number of nitrogens with one attached hydrogen (secondary N) is 3. The van der Waals surface area contributed by atoms with Gasteiger partial charge in [-0.1, -0.05) is 87.8 Å². The van der Waals surface area contributed by atoms with Crippen molar-refractivity contribution < 1.29 is 76.8 Å². The highest BCUT2D eigenvalue weighted by Gasteiger charge is 2.46. The minimum absolute atomic E-state index is 0.0249. The third-order valence-electron chi connectivity index (χ3n) is 16.5. The molecule has 1 heterocycles. The Morgan fingerprint density at radius 2 is 1.24 bits per heavy atom. The van der Waals surface area contributed by atoms with Gasteiger partial charge in [-0.3, -0.25) is 52.8 Å². The molecular formula is C63H106N10O16. The van der Waals surface area contributed by atoms with E-state index in [9.17, 15) is 48.3 Å². The lowest BCUT2D eigenvalue weighted by Crippen LogP contribution is -2.64. The van der Waals surface area contributed by atoms with Crippen molar-refractivity contribution in [3.63, 3.8) is 0 Å². The number of phenols is 1. The zero-order valence-electron chi connectivity index (χ0n) is 57.1. The molecule has 13 atom stereocenters. The molecule has 504 valence electrons. The van der Waals surface area contributed by atoms with E-state index in [0.717, 1.165) is 24.5 Å². The summed E-state index contributed by atoms with van der Waals surface area (Å²) in [4.78, 5) is 170. The zero-order chi connectivity index (χ0) is 68.4. The van der Waals surface area contributed by atoms with Crippen LogP contribution >= 0.6 is 0 Å². The van der Waals surface area contributed by atoms with Crippen LogP contribution in [0.2, 0.25) is 0 Å². The summed E-state index contributed by atoms with van der Waals surface area (Å²) in [5.41, 5.74) is 0.504. The Hall–Kier alpha value is -6.93. The molecule has 4 N–H and O–H groups in total. The quantitative estimate of drug-likeness (QED) is 0.114. The fourth-order valence-corrected chi connectivity index (χ4v) is 10.8. The first kappa shape index (κ1) is 78.2. The molecule has 0 bridgehead atoms. The van der Waals surface area contributed by atoms with Gasteiger partial charge in [0.25, 0.3) is 5.91 Å². The average Bonchev–Trinajstić information content (AvgIpc) is 3.67. The smallest absolute Gasteiger partial charge is 0.328 e. The monoisotopic (exact) mass is 1260 g/mol. The summed E-state index contributed by atoms with van der Waals surface area (Å²) >= 11 is 0. The van der Waals surface area contributed by atoms with Gasteiger partial charge in [0.05, 0.1) is 13.2 Å². The third kappa shape index (κ3) is 21.1. The predicted molar refractivity (Wildman–Crippen MR) is 333 cm³/mol. The molecule has 0 aromatic heterocycles. The van der Waals surface area contributed by atoms with Crippen LogP contribution in [0.15, 0.2) is 24.3 Å². The minimum atomic E-state index is -1.85. The molecule has 1 aromatic rings. The number of benzene rings is 1. The molecule has 1 aromatic carbocycles. The number of phenolic OH excluding ortho intramolecular Hbond substituents is 1. The molecule has 26 nitrogen and oxygen atoms in total. The van der Waals surface area contributed by atoms with Crippen LogP contribution in [0.1, 0.15) is 115 Å². The number of hydrogen-bond donors (Lipinski definition) is 4. The summed E-state index contributed by atoms with van der Waals surface area (Å²) in [6.07, 6.45) is -2.62. The Morgan fingerprint density at radius 3 is 1.73 bits per heavy atom. The lowest BCUT2D eigenvalue weighted by Gasteiger charge is -2.39. The van der Waals surface area contributed by atoms with Gasteiger partial charge in [-0.25, -0.2) is 4.79 Å². The number of nitrogens with zero attached hydrogens (tertiary/aromatic N) is 7. The van der Waals surface area contributed by atoms with E-state index in [4.69, 9.17) is 18.9 Å². The number of methoxy groups -OCH3 is 2. The average molecular weight is 1260 g/mol. The molecule has 1 aliphatic heterocycles. The van der Waals surface area contributed by atoms with Gasteiger partial charge < -0.3 is 69.4 Å². The van der Waals surface area contributed by atoms with Gasteiger partial charge >= 0.3 is 11.9 Å². The topological polar surface area (TPSA) is 304 Å². The van der Waals surface area contributed by atoms with Crippen molar-refractivity contribution in [2.75, 3.05) is 83.8 Å². The highest BCUT2D eigenvalue weighted by molar-refractivity contribution is 5.99. The van der Waals surface area contributed by atoms with Crippen molar-refractivity contribution in [2.45, 2.75) is 188 Å². The lowest BCUT2D eigenvalue weighted by molar-refractivity contribution is -0.170. The SMILES string of the molecule is CC[C@H](C)[C@H]1C(=O)N[C@@H](C)C(=O)N(C)[C@@H](CC(C)C)C(=O)N[C@@H](Cc2ccc(O)cc2)C(=O)N(C)[C@@H](C)C(=O)O[C@H](C)C(NC(=O)[C@H](CC(C)C)N(C)C(=O)[C@H](COC)N(C)C(=O)[C@@H](OC(=O)[C@H](C(C)C)N(C)C)C(C)C)C(=O)N(C)[C@@H](COC)C(=O)N1C. The van der Waals surface area contributed by atoms with Gasteiger partial charge in [0.15, 0.2) is 6.10 Å². The normalized spacial score (nSPS) is 23.5. The van der Waals surface area contributed by atoms with Crippen molar-refractivity contribution in [3.8, 4) is 5.75 Å². The van der Waals surface area contributed by atoms with Crippen LogP contribution in [0.25, 0.3) is 0 Å². The van der Waals surface area contributed by atoms with E-state index in [1.54, 1.807) is 72.7 Å². The van der Waals surface area contributed by atoms with Crippen molar-refractivity contribution in [1.82, 2.24) is 50.2 Å². The Bertz CT molecular complexity index is 2580. The standard InChI is InChI=1S/C63H106N10O16/c1-24-38(10)51-55(77)64-39(11)56(78)69(17)45(29-34(2)3)53(75)65-44(31-42-25-27-43(74)28-26-42)57(79)68(16)40(12)62(84)88-41(13)49(60(82)71(19)48(33-87-23)59(81)73(51)21)66-54(76)46(30-35(4)5)70(18)58(80)47(32-86-22)72(20)61(83)52(37(8)9)89-63(85)50(36(6)7)67(14)15/h25-28,34-41,44-52,74H,24,29-33H2,1-23H3,(H,64,77)(H,65,75)(H,66,76)/t38-,39-,40-,41+,44-,45-,46-,47-,48-,49?,50-,51-,52-/m0/s1. The zero-order valence-corrected chi connectivity index (χ0v) is 57.1. The Balaban J connectivity index is 2.96. The second-order valence-corrected chi connectivity index (χ2v) is 25.5. The number of amides is 9. The molecule has 89 heavy (non-hydrogen) atoms. The Labute approximate surface area is 527 Å². The molecule has 1 saturated heterocycles. The van der Waals surface area contributed by atoms with E-state index in [-0.39, 0.29) is 49.4 Å². The largest absolute Gasteiger partial charge is 0.508 e. The van der Waals surface area contributed by atoms with Crippen LogP contribution in [0.5, 0.6) is 5.75 Å². The number of cyclic esters (lactones) is 1. The van der Waals surface area contributed by atoms with Crippen LogP contribution in [-0.2, 0) is 78.1 Å². The molecule has 1 fully saturated rings. The number of esters is 2. The van der Waals surface area contributed by atoms with Gasteiger partial charge in [0, 0.05) is 62.9 Å². The summed E-state index contributed by atoms with van der Waals surface area (Å²) in [7, 11) is 14.1. The number of hydrogen-bond acceptors (Lipinski definition) is 17. The van der Waals surface area contributed by atoms with Crippen LogP contribution in [0.4, 0.5) is 0 Å². The third-order valence-corrected chi connectivity index (χ3v) is 16.5. The van der Waals surface area contributed by atoms with Gasteiger partial charge in [0.2, 0.25) is 47.3 Å². The number of ether oxygens (including phenoxy) is 4. The first-order valence-electron chi connectivity index (χ1n) is 30.7. The lowest BCUT2D eigenvalue weighted by atomic mass is 9.95. The molecule has 9 amide bonds.